The molecule has 2 aromatic rings. The van der Waals surface area contributed by atoms with Crippen LogP contribution in [0.5, 0.6) is 0 Å². The maximum atomic E-state index is 10.2. The molecule has 2 nitrogen and oxygen atoms in total. The van der Waals surface area contributed by atoms with Crippen LogP contribution in [0.15, 0.2) is 36.4 Å². The van der Waals surface area contributed by atoms with Crippen molar-refractivity contribution in [1.29, 1.82) is 0 Å². The van der Waals surface area contributed by atoms with Crippen LogP contribution in [0.25, 0.3) is 11.1 Å². The molecule has 3 rings (SSSR count). The van der Waals surface area contributed by atoms with Crippen LogP contribution in [0.4, 0.5) is 0 Å². The molecule has 0 aliphatic heterocycles. The molecule has 0 aromatic heterocycles. The Morgan fingerprint density at radius 1 is 0.722 bits per heavy atom. The van der Waals surface area contributed by atoms with Crippen LogP contribution in [0.2, 0.25) is 0 Å². The van der Waals surface area contributed by atoms with Crippen LogP contribution >= 0.6 is 0 Å². The summed E-state index contributed by atoms with van der Waals surface area (Å²) in [5.41, 5.74) is 5.87. The first kappa shape index (κ1) is 11.5. The average Bonchev–Trinajstić information content (AvgIpc) is 2.36. The fourth-order valence-corrected chi connectivity index (χ4v) is 2.68. The van der Waals surface area contributed by atoms with Gasteiger partial charge in [0.15, 0.2) is 0 Å². The third kappa shape index (κ3) is 1.57. The number of aliphatic hydroxyl groups is 2. The second kappa shape index (κ2) is 3.94. The van der Waals surface area contributed by atoms with Crippen molar-refractivity contribution in [2.75, 3.05) is 0 Å². The standard InChI is InChI=1S/C16H16O2/c1-9-3-5-11-12-6-4-10(2)8-14(12)16(18)15(17)13(11)7-9/h3-8,15-18H,1-2H3. The van der Waals surface area contributed by atoms with Gasteiger partial charge in [-0.15, -0.1) is 0 Å². The molecule has 0 radical (unpaired) electrons. The summed E-state index contributed by atoms with van der Waals surface area (Å²) in [6, 6.07) is 12.0. The first-order valence-electron chi connectivity index (χ1n) is 6.15. The molecule has 0 spiro atoms. The molecule has 2 N–H and O–H groups in total. The summed E-state index contributed by atoms with van der Waals surface area (Å²) in [7, 11) is 0. The number of aryl methyl sites for hydroxylation is 2. The van der Waals surface area contributed by atoms with Gasteiger partial charge in [0.1, 0.15) is 12.2 Å². The molecular formula is C16H16O2. The summed E-state index contributed by atoms with van der Waals surface area (Å²) in [4.78, 5) is 0. The minimum absolute atomic E-state index is 0.818. The highest BCUT2D eigenvalue weighted by Gasteiger charge is 2.30. The Hall–Kier alpha value is -1.64. The molecule has 0 saturated carbocycles. The highest BCUT2D eigenvalue weighted by atomic mass is 16.3. The second-order valence-electron chi connectivity index (χ2n) is 5.07. The highest BCUT2D eigenvalue weighted by molar-refractivity contribution is 5.75. The van der Waals surface area contributed by atoms with E-state index in [0.29, 0.717) is 0 Å². The number of aliphatic hydroxyl groups excluding tert-OH is 2. The van der Waals surface area contributed by atoms with E-state index in [2.05, 4.69) is 0 Å². The molecule has 2 aromatic carbocycles. The monoisotopic (exact) mass is 240 g/mol. The number of hydrogen-bond acceptors (Lipinski definition) is 2. The molecule has 0 heterocycles. The Kier molecular flexibility index (Phi) is 2.51. The van der Waals surface area contributed by atoms with Crippen LogP contribution in [0, 0.1) is 13.8 Å². The van der Waals surface area contributed by atoms with Crippen LogP contribution < -0.4 is 0 Å². The third-order valence-corrected chi connectivity index (χ3v) is 3.64. The first-order valence-corrected chi connectivity index (χ1v) is 6.15. The molecular weight excluding hydrogens is 224 g/mol. The lowest BCUT2D eigenvalue weighted by Gasteiger charge is -2.29. The number of rotatable bonds is 0. The zero-order valence-electron chi connectivity index (χ0n) is 10.5. The van der Waals surface area contributed by atoms with E-state index < -0.39 is 12.2 Å². The maximum absolute atomic E-state index is 10.2. The van der Waals surface area contributed by atoms with Gasteiger partial charge < -0.3 is 10.2 Å². The largest absolute Gasteiger partial charge is 0.385 e. The Labute approximate surface area is 107 Å². The van der Waals surface area contributed by atoms with Gasteiger partial charge in [0.05, 0.1) is 0 Å². The molecule has 0 bridgehead atoms. The lowest BCUT2D eigenvalue weighted by Crippen LogP contribution is -2.17. The Balaban J connectivity index is 2.31. The van der Waals surface area contributed by atoms with E-state index in [1.54, 1.807) is 0 Å². The molecule has 0 saturated heterocycles. The van der Waals surface area contributed by atoms with E-state index in [1.807, 2.05) is 50.2 Å². The van der Waals surface area contributed by atoms with Crippen molar-refractivity contribution in [3.05, 3.63) is 58.7 Å². The fraction of sp³-hybridized carbons (Fsp3) is 0.250. The number of fused-ring (bicyclic) bond motifs is 3. The molecule has 1 aliphatic rings. The molecule has 2 unspecified atom stereocenters. The van der Waals surface area contributed by atoms with Crippen molar-refractivity contribution < 1.29 is 10.2 Å². The van der Waals surface area contributed by atoms with Crippen molar-refractivity contribution in [1.82, 2.24) is 0 Å². The van der Waals surface area contributed by atoms with E-state index >= 15 is 0 Å². The summed E-state index contributed by atoms with van der Waals surface area (Å²) in [6.45, 7) is 3.98. The van der Waals surface area contributed by atoms with Crippen molar-refractivity contribution in [2.45, 2.75) is 26.1 Å². The zero-order valence-corrected chi connectivity index (χ0v) is 10.5. The second-order valence-corrected chi connectivity index (χ2v) is 5.07. The topological polar surface area (TPSA) is 40.5 Å². The van der Waals surface area contributed by atoms with E-state index in [-0.39, 0.29) is 0 Å². The van der Waals surface area contributed by atoms with Gasteiger partial charge in [-0.2, -0.15) is 0 Å². The predicted octanol–water partition coefficient (Wildman–Crippen LogP) is 3.05. The summed E-state index contributed by atoms with van der Waals surface area (Å²) in [5, 5.41) is 20.5. The van der Waals surface area contributed by atoms with Gasteiger partial charge in [-0.05, 0) is 36.1 Å². The van der Waals surface area contributed by atoms with E-state index in [1.165, 1.54) is 0 Å². The van der Waals surface area contributed by atoms with E-state index in [0.717, 1.165) is 33.4 Å². The average molecular weight is 240 g/mol. The number of benzene rings is 2. The molecule has 92 valence electrons. The van der Waals surface area contributed by atoms with E-state index in [4.69, 9.17) is 0 Å². The van der Waals surface area contributed by atoms with E-state index in [9.17, 15) is 10.2 Å². The van der Waals surface area contributed by atoms with Crippen molar-refractivity contribution in [3.8, 4) is 11.1 Å². The van der Waals surface area contributed by atoms with Crippen molar-refractivity contribution in [3.63, 3.8) is 0 Å². The Morgan fingerprint density at radius 3 is 1.50 bits per heavy atom. The summed E-state index contributed by atoms with van der Waals surface area (Å²) >= 11 is 0. The molecule has 0 fully saturated rings. The quantitative estimate of drug-likeness (QED) is 0.743. The molecule has 18 heavy (non-hydrogen) atoms. The normalized spacial score (nSPS) is 21.3. The Morgan fingerprint density at radius 2 is 1.11 bits per heavy atom. The fourth-order valence-electron chi connectivity index (χ4n) is 2.68. The van der Waals surface area contributed by atoms with Crippen LogP contribution in [0.3, 0.4) is 0 Å². The Bertz CT molecular complexity index is 561. The first-order chi connectivity index (χ1) is 8.58. The SMILES string of the molecule is Cc1ccc2c(c1)C(O)C(O)c1cc(C)ccc1-2. The lowest BCUT2D eigenvalue weighted by atomic mass is 9.81. The van der Waals surface area contributed by atoms with Gasteiger partial charge in [0.2, 0.25) is 0 Å². The minimum Gasteiger partial charge on any atom is -0.385 e. The molecule has 2 atom stereocenters. The zero-order chi connectivity index (χ0) is 12.9. The summed E-state index contributed by atoms with van der Waals surface area (Å²) in [6.07, 6.45) is -1.68. The van der Waals surface area contributed by atoms with Gasteiger partial charge in [0.25, 0.3) is 0 Å². The van der Waals surface area contributed by atoms with Crippen LogP contribution in [-0.2, 0) is 0 Å². The summed E-state index contributed by atoms with van der Waals surface area (Å²) in [5.74, 6) is 0. The lowest BCUT2D eigenvalue weighted by molar-refractivity contribution is 0.0157. The van der Waals surface area contributed by atoms with Crippen molar-refractivity contribution >= 4 is 0 Å². The summed E-state index contributed by atoms with van der Waals surface area (Å²) < 4.78 is 0. The highest BCUT2D eigenvalue weighted by Crippen LogP contribution is 2.44. The predicted molar refractivity (Wildman–Crippen MR) is 71.3 cm³/mol. The molecule has 1 aliphatic carbocycles. The molecule has 2 heteroatoms. The smallest absolute Gasteiger partial charge is 0.110 e. The van der Waals surface area contributed by atoms with Gasteiger partial charge in [-0.25, -0.2) is 0 Å². The molecule has 0 amide bonds. The van der Waals surface area contributed by atoms with Crippen LogP contribution in [0.1, 0.15) is 34.5 Å². The number of hydrogen-bond donors (Lipinski definition) is 2. The maximum Gasteiger partial charge on any atom is 0.110 e. The third-order valence-electron chi connectivity index (χ3n) is 3.64. The van der Waals surface area contributed by atoms with Crippen LogP contribution in [-0.4, -0.2) is 10.2 Å². The van der Waals surface area contributed by atoms with Gasteiger partial charge >= 0.3 is 0 Å². The van der Waals surface area contributed by atoms with Gasteiger partial charge in [-0.1, -0.05) is 47.5 Å². The van der Waals surface area contributed by atoms with Gasteiger partial charge in [-0.3, -0.25) is 0 Å². The van der Waals surface area contributed by atoms with Crippen molar-refractivity contribution in [2.24, 2.45) is 0 Å². The minimum atomic E-state index is -0.839. The van der Waals surface area contributed by atoms with Gasteiger partial charge in [0, 0.05) is 0 Å².